The Bertz CT molecular complexity index is 813. The van der Waals surface area contributed by atoms with E-state index in [1.54, 1.807) is 48.0 Å². The Morgan fingerprint density at radius 2 is 2.12 bits per heavy atom. The minimum absolute atomic E-state index is 0.0530. The predicted octanol–water partition coefficient (Wildman–Crippen LogP) is 1.48. The maximum Gasteiger partial charge on any atom is 0.257 e. The van der Waals surface area contributed by atoms with Crippen LogP contribution in [0.3, 0.4) is 0 Å². The Morgan fingerprint density at radius 3 is 2.81 bits per heavy atom. The van der Waals surface area contributed by atoms with Crippen molar-refractivity contribution in [1.29, 1.82) is 0 Å². The van der Waals surface area contributed by atoms with E-state index in [0.717, 1.165) is 16.9 Å². The summed E-state index contributed by atoms with van der Waals surface area (Å²) in [7, 11) is 5.31. The zero-order valence-corrected chi connectivity index (χ0v) is 15.4. The van der Waals surface area contributed by atoms with Crippen LogP contribution in [0.5, 0.6) is 5.75 Å². The van der Waals surface area contributed by atoms with Crippen molar-refractivity contribution in [2.75, 3.05) is 27.2 Å². The SMILES string of the molecule is CN(C)C(=O)CCc1ccc2c(c1)CN(C(=O)c1cnn(C)c1)CCO2. The van der Waals surface area contributed by atoms with E-state index in [-0.39, 0.29) is 11.8 Å². The minimum atomic E-state index is -0.0530. The van der Waals surface area contributed by atoms with Gasteiger partial charge in [-0.05, 0) is 18.1 Å². The van der Waals surface area contributed by atoms with E-state index in [0.29, 0.717) is 38.1 Å². The first-order valence-electron chi connectivity index (χ1n) is 8.66. The van der Waals surface area contributed by atoms with Gasteiger partial charge in [-0.3, -0.25) is 14.3 Å². The van der Waals surface area contributed by atoms with Crippen LogP contribution in [0.2, 0.25) is 0 Å². The summed E-state index contributed by atoms with van der Waals surface area (Å²) in [6, 6.07) is 5.95. The van der Waals surface area contributed by atoms with Gasteiger partial charge >= 0.3 is 0 Å². The lowest BCUT2D eigenvalue weighted by Crippen LogP contribution is -2.32. The third-order valence-corrected chi connectivity index (χ3v) is 4.47. The molecule has 0 radical (unpaired) electrons. The molecule has 7 heteroatoms. The molecule has 1 aliphatic heterocycles. The second-order valence-corrected chi connectivity index (χ2v) is 6.71. The fourth-order valence-corrected chi connectivity index (χ4v) is 2.97. The van der Waals surface area contributed by atoms with Gasteiger partial charge in [0.2, 0.25) is 5.91 Å². The van der Waals surface area contributed by atoms with E-state index < -0.39 is 0 Å². The second-order valence-electron chi connectivity index (χ2n) is 6.71. The average molecular weight is 356 g/mol. The number of benzene rings is 1. The van der Waals surface area contributed by atoms with Crippen LogP contribution in [0.1, 0.15) is 27.9 Å². The van der Waals surface area contributed by atoms with Crippen LogP contribution in [0, 0.1) is 0 Å². The maximum absolute atomic E-state index is 12.7. The monoisotopic (exact) mass is 356 g/mol. The van der Waals surface area contributed by atoms with Gasteiger partial charge in [0.1, 0.15) is 12.4 Å². The number of ether oxygens (including phenoxy) is 1. The molecule has 2 aromatic rings. The van der Waals surface area contributed by atoms with Crippen molar-refractivity contribution < 1.29 is 14.3 Å². The maximum atomic E-state index is 12.7. The smallest absolute Gasteiger partial charge is 0.257 e. The molecule has 26 heavy (non-hydrogen) atoms. The first-order chi connectivity index (χ1) is 12.4. The molecule has 0 unspecified atom stereocenters. The summed E-state index contributed by atoms with van der Waals surface area (Å²) in [4.78, 5) is 27.9. The third kappa shape index (κ3) is 4.04. The second kappa shape index (κ2) is 7.59. The summed E-state index contributed by atoms with van der Waals surface area (Å²) >= 11 is 0. The number of carbonyl (C=O) groups excluding carboxylic acids is 2. The molecular formula is C19H24N4O3. The quantitative estimate of drug-likeness (QED) is 0.832. The van der Waals surface area contributed by atoms with Crippen LogP contribution in [0.25, 0.3) is 0 Å². The Labute approximate surface area is 153 Å². The van der Waals surface area contributed by atoms with Crippen molar-refractivity contribution in [2.45, 2.75) is 19.4 Å². The zero-order valence-electron chi connectivity index (χ0n) is 15.4. The molecule has 0 saturated heterocycles. The lowest BCUT2D eigenvalue weighted by molar-refractivity contribution is -0.128. The largest absolute Gasteiger partial charge is 0.491 e. The number of rotatable bonds is 4. The molecule has 138 valence electrons. The molecule has 2 amide bonds. The fraction of sp³-hybridized carbons (Fsp3) is 0.421. The number of carbonyl (C=O) groups is 2. The molecule has 7 nitrogen and oxygen atoms in total. The normalized spacial score (nSPS) is 13.6. The van der Waals surface area contributed by atoms with E-state index >= 15 is 0 Å². The number of amides is 2. The fourth-order valence-electron chi connectivity index (χ4n) is 2.97. The number of nitrogens with zero attached hydrogens (tertiary/aromatic N) is 4. The Balaban J connectivity index is 1.74. The summed E-state index contributed by atoms with van der Waals surface area (Å²) in [6.45, 7) is 1.47. The number of hydrogen-bond acceptors (Lipinski definition) is 4. The summed E-state index contributed by atoms with van der Waals surface area (Å²) in [5.41, 5.74) is 2.61. The van der Waals surface area contributed by atoms with E-state index in [2.05, 4.69) is 5.10 Å². The van der Waals surface area contributed by atoms with Gasteiger partial charge in [-0.25, -0.2) is 0 Å². The molecule has 1 aromatic carbocycles. The Hall–Kier alpha value is -2.83. The molecule has 0 fully saturated rings. The summed E-state index contributed by atoms with van der Waals surface area (Å²) < 4.78 is 7.42. The zero-order chi connectivity index (χ0) is 18.7. The van der Waals surface area contributed by atoms with Crippen LogP contribution in [0.4, 0.5) is 0 Å². The molecule has 0 bridgehead atoms. The van der Waals surface area contributed by atoms with Gasteiger partial charge in [-0.1, -0.05) is 12.1 Å². The summed E-state index contributed by atoms with van der Waals surface area (Å²) in [5.74, 6) is 0.849. The average Bonchev–Trinajstić information content (AvgIpc) is 2.94. The molecule has 1 aliphatic rings. The summed E-state index contributed by atoms with van der Waals surface area (Å²) in [5, 5.41) is 4.07. The van der Waals surface area contributed by atoms with Crippen LogP contribution in [0.15, 0.2) is 30.6 Å². The highest BCUT2D eigenvalue weighted by Crippen LogP contribution is 2.25. The van der Waals surface area contributed by atoms with Crippen molar-refractivity contribution in [3.05, 3.63) is 47.3 Å². The highest BCUT2D eigenvalue weighted by molar-refractivity contribution is 5.93. The summed E-state index contributed by atoms with van der Waals surface area (Å²) in [6.07, 6.45) is 4.43. The molecule has 2 heterocycles. The Morgan fingerprint density at radius 1 is 1.31 bits per heavy atom. The number of aryl methyl sites for hydroxylation is 2. The van der Waals surface area contributed by atoms with Gasteiger partial charge < -0.3 is 14.5 Å². The first kappa shape index (κ1) is 18.0. The van der Waals surface area contributed by atoms with Gasteiger partial charge in [0.15, 0.2) is 0 Å². The molecule has 1 aromatic heterocycles. The lowest BCUT2D eigenvalue weighted by atomic mass is 10.0. The molecular weight excluding hydrogens is 332 g/mol. The van der Waals surface area contributed by atoms with Crippen molar-refractivity contribution in [3.63, 3.8) is 0 Å². The van der Waals surface area contributed by atoms with Crippen molar-refractivity contribution in [2.24, 2.45) is 7.05 Å². The van der Waals surface area contributed by atoms with Gasteiger partial charge in [0.25, 0.3) is 5.91 Å². The van der Waals surface area contributed by atoms with Crippen molar-refractivity contribution in [3.8, 4) is 5.75 Å². The molecule has 3 rings (SSSR count). The van der Waals surface area contributed by atoms with E-state index in [1.807, 2.05) is 18.2 Å². The van der Waals surface area contributed by atoms with Gasteiger partial charge in [0, 0.05) is 45.9 Å². The number of fused-ring (bicyclic) bond motifs is 1. The Kier molecular flexibility index (Phi) is 5.25. The topological polar surface area (TPSA) is 67.7 Å². The van der Waals surface area contributed by atoms with E-state index in [1.165, 1.54) is 0 Å². The highest BCUT2D eigenvalue weighted by atomic mass is 16.5. The van der Waals surface area contributed by atoms with Crippen LogP contribution in [-0.2, 0) is 24.8 Å². The minimum Gasteiger partial charge on any atom is -0.491 e. The molecule has 0 aliphatic carbocycles. The van der Waals surface area contributed by atoms with Crippen LogP contribution < -0.4 is 4.74 Å². The molecule has 0 N–H and O–H groups in total. The van der Waals surface area contributed by atoms with Gasteiger partial charge in [-0.2, -0.15) is 5.10 Å². The van der Waals surface area contributed by atoms with Gasteiger partial charge in [-0.15, -0.1) is 0 Å². The number of hydrogen-bond donors (Lipinski definition) is 0. The molecule has 0 atom stereocenters. The lowest BCUT2D eigenvalue weighted by Gasteiger charge is -2.19. The first-order valence-corrected chi connectivity index (χ1v) is 8.66. The molecule has 0 spiro atoms. The van der Waals surface area contributed by atoms with Crippen molar-refractivity contribution >= 4 is 11.8 Å². The van der Waals surface area contributed by atoms with E-state index in [9.17, 15) is 9.59 Å². The van der Waals surface area contributed by atoms with Gasteiger partial charge in [0.05, 0.1) is 18.3 Å². The van der Waals surface area contributed by atoms with Crippen LogP contribution in [-0.4, -0.2) is 58.6 Å². The van der Waals surface area contributed by atoms with Crippen molar-refractivity contribution in [1.82, 2.24) is 19.6 Å². The molecule has 0 saturated carbocycles. The van der Waals surface area contributed by atoms with E-state index in [4.69, 9.17) is 4.74 Å². The van der Waals surface area contributed by atoms with Crippen LogP contribution >= 0.6 is 0 Å². The highest BCUT2D eigenvalue weighted by Gasteiger charge is 2.22. The predicted molar refractivity (Wildman–Crippen MR) is 96.9 cm³/mol. The third-order valence-electron chi connectivity index (χ3n) is 4.47. The standard InChI is InChI=1S/C19H24N4O3/c1-21(2)18(24)7-5-14-4-6-17-15(10-14)13-23(8-9-26-17)19(25)16-11-20-22(3)12-16/h4,6,10-12H,5,7-9,13H2,1-3H3. The number of aromatic nitrogens is 2.